The lowest BCUT2D eigenvalue weighted by Gasteiger charge is -2.29. The van der Waals surface area contributed by atoms with Gasteiger partial charge in [-0.3, -0.25) is 4.79 Å². The molecule has 0 atom stereocenters. The maximum absolute atomic E-state index is 13.6. The van der Waals surface area contributed by atoms with Crippen LogP contribution in [0.5, 0.6) is 0 Å². The Balaban J connectivity index is 1.58. The van der Waals surface area contributed by atoms with Crippen LogP contribution < -0.4 is 5.32 Å². The Hall–Kier alpha value is -1.61. The van der Waals surface area contributed by atoms with Gasteiger partial charge >= 0.3 is 0 Å². The van der Waals surface area contributed by atoms with Crippen molar-refractivity contribution in [3.63, 3.8) is 0 Å². The summed E-state index contributed by atoms with van der Waals surface area (Å²) in [5, 5.41) is 2.96. The Morgan fingerprint density at radius 1 is 1.23 bits per heavy atom. The Kier molecular flexibility index (Phi) is 8.38. The van der Waals surface area contributed by atoms with Crippen LogP contribution in [0.15, 0.2) is 47.4 Å². The summed E-state index contributed by atoms with van der Waals surface area (Å²) in [6.45, 7) is 3.43. The second-order valence-electron chi connectivity index (χ2n) is 7.63. The number of carbonyl (C=O) groups is 1. The molecule has 0 radical (unpaired) electrons. The molecule has 0 bridgehead atoms. The number of amides is 1. The lowest BCUT2D eigenvalue weighted by atomic mass is 10.0. The molecule has 31 heavy (non-hydrogen) atoms. The van der Waals surface area contributed by atoms with Gasteiger partial charge in [0, 0.05) is 31.1 Å². The average Bonchev–Trinajstić information content (AvgIpc) is 2.75. The predicted octanol–water partition coefficient (Wildman–Crippen LogP) is 4.56. The molecule has 1 aliphatic rings. The summed E-state index contributed by atoms with van der Waals surface area (Å²) >= 11 is 7.67. The topological polar surface area (TPSA) is 66.5 Å². The van der Waals surface area contributed by atoms with Crippen molar-refractivity contribution in [1.29, 1.82) is 0 Å². The summed E-state index contributed by atoms with van der Waals surface area (Å²) in [5.74, 6) is 0.926. The van der Waals surface area contributed by atoms with Gasteiger partial charge in [-0.2, -0.15) is 16.1 Å². The summed E-state index contributed by atoms with van der Waals surface area (Å²) < 4.78 is 41.0. The van der Waals surface area contributed by atoms with E-state index in [2.05, 4.69) is 12.2 Å². The number of carbonyl (C=O) groups excluding carboxylic acids is 1. The van der Waals surface area contributed by atoms with Crippen LogP contribution in [-0.4, -0.2) is 44.0 Å². The number of piperidine rings is 1. The van der Waals surface area contributed by atoms with E-state index in [1.807, 2.05) is 0 Å². The first kappa shape index (κ1) is 24.0. The molecule has 1 heterocycles. The molecule has 5 nitrogen and oxygen atoms in total. The fourth-order valence-electron chi connectivity index (χ4n) is 3.34. The van der Waals surface area contributed by atoms with E-state index in [9.17, 15) is 17.6 Å². The number of nitrogens with one attached hydrogen (secondary N) is 1. The third-order valence-corrected chi connectivity index (χ3v) is 8.54. The smallest absolute Gasteiger partial charge is 0.252 e. The van der Waals surface area contributed by atoms with Crippen molar-refractivity contribution < 1.29 is 17.6 Å². The van der Waals surface area contributed by atoms with E-state index >= 15 is 0 Å². The van der Waals surface area contributed by atoms with Gasteiger partial charge in [0.1, 0.15) is 5.82 Å². The highest BCUT2D eigenvalue weighted by molar-refractivity contribution is 7.98. The number of rotatable bonds is 8. The van der Waals surface area contributed by atoms with Crippen LogP contribution in [0.2, 0.25) is 5.02 Å². The predicted molar refractivity (Wildman–Crippen MR) is 124 cm³/mol. The first-order valence-electron chi connectivity index (χ1n) is 10.2. The fourth-order valence-corrected chi connectivity index (χ4v) is 5.89. The molecule has 1 N–H and O–H groups in total. The van der Waals surface area contributed by atoms with Crippen molar-refractivity contribution in [3.8, 4) is 0 Å². The van der Waals surface area contributed by atoms with Crippen molar-refractivity contribution in [2.75, 3.05) is 25.4 Å². The molecule has 0 aromatic heterocycles. The molecule has 2 aromatic carbocycles. The van der Waals surface area contributed by atoms with Crippen LogP contribution in [-0.2, 0) is 15.8 Å². The monoisotopic (exact) mass is 484 g/mol. The Morgan fingerprint density at radius 2 is 1.94 bits per heavy atom. The molecule has 168 valence electrons. The minimum atomic E-state index is -3.67. The standard InChI is InChI=1S/C22H26ClFN2O3S2/c1-16-8-11-26(12-9-16)31(28,29)18-6-7-20(23)19(14-18)22(27)25-10-13-30-15-17-4-2-3-5-21(17)24/h2-7,14,16H,8-13,15H2,1H3,(H,25,27). The van der Waals surface area contributed by atoms with E-state index in [0.717, 1.165) is 12.8 Å². The molecule has 1 aliphatic heterocycles. The molecule has 0 spiro atoms. The van der Waals surface area contributed by atoms with E-state index in [-0.39, 0.29) is 21.3 Å². The van der Waals surface area contributed by atoms with Crippen molar-refractivity contribution >= 4 is 39.3 Å². The second-order valence-corrected chi connectivity index (χ2v) is 11.1. The van der Waals surface area contributed by atoms with Crippen molar-refractivity contribution in [2.24, 2.45) is 5.92 Å². The average molecular weight is 485 g/mol. The van der Waals surface area contributed by atoms with Crippen LogP contribution in [0.4, 0.5) is 4.39 Å². The molecule has 1 saturated heterocycles. The van der Waals surface area contributed by atoms with Gasteiger partial charge in [-0.05, 0) is 48.6 Å². The molecule has 3 rings (SSSR count). The van der Waals surface area contributed by atoms with Crippen molar-refractivity contribution in [1.82, 2.24) is 9.62 Å². The largest absolute Gasteiger partial charge is 0.351 e. The molecular weight excluding hydrogens is 459 g/mol. The van der Waals surface area contributed by atoms with Gasteiger partial charge in [-0.1, -0.05) is 36.7 Å². The molecule has 0 aliphatic carbocycles. The summed E-state index contributed by atoms with van der Waals surface area (Å²) in [6.07, 6.45) is 1.65. The van der Waals surface area contributed by atoms with Gasteiger partial charge in [0.25, 0.3) is 5.91 Å². The number of benzene rings is 2. The number of hydrogen-bond donors (Lipinski definition) is 1. The van der Waals surface area contributed by atoms with E-state index < -0.39 is 15.9 Å². The minimum absolute atomic E-state index is 0.0746. The van der Waals surface area contributed by atoms with E-state index in [1.165, 1.54) is 40.3 Å². The highest BCUT2D eigenvalue weighted by Crippen LogP contribution is 2.26. The Labute approximate surface area is 192 Å². The molecule has 1 fully saturated rings. The fraction of sp³-hybridized carbons (Fsp3) is 0.409. The number of sulfonamides is 1. The van der Waals surface area contributed by atoms with Crippen molar-refractivity contribution in [2.45, 2.75) is 30.4 Å². The van der Waals surface area contributed by atoms with Gasteiger partial charge in [0.05, 0.1) is 15.5 Å². The van der Waals surface area contributed by atoms with Gasteiger partial charge in [-0.15, -0.1) is 0 Å². The lowest BCUT2D eigenvalue weighted by molar-refractivity contribution is 0.0956. The quantitative estimate of drug-likeness (QED) is 0.558. The summed E-state index contributed by atoms with van der Waals surface area (Å²) in [7, 11) is -3.67. The third kappa shape index (κ3) is 6.22. The number of halogens is 2. The minimum Gasteiger partial charge on any atom is -0.351 e. The number of nitrogens with zero attached hydrogens (tertiary/aromatic N) is 1. The zero-order valence-corrected chi connectivity index (χ0v) is 19.7. The molecule has 0 unspecified atom stereocenters. The van der Waals surface area contributed by atoms with Crippen LogP contribution in [0, 0.1) is 11.7 Å². The normalized spacial score (nSPS) is 15.7. The van der Waals surface area contributed by atoms with Crippen LogP contribution in [0.3, 0.4) is 0 Å². The van der Waals surface area contributed by atoms with Gasteiger partial charge in [0.2, 0.25) is 10.0 Å². The maximum atomic E-state index is 13.6. The van der Waals surface area contributed by atoms with Crippen molar-refractivity contribution in [3.05, 3.63) is 64.4 Å². The highest BCUT2D eigenvalue weighted by Gasteiger charge is 2.29. The van der Waals surface area contributed by atoms with Crippen LogP contribution in [0.25, 0.3) is 0 Å². The SMILES string of the molecule is CC1CCN(S(=O)(=O)c2ccc(Cl)c(C(=O)NCCSCc3ccccc3F)c2)CC1. The Morgan fingerprint density at radius 3 is 2.65 bits per heavy atom. The van der Waals surface area contributed by atoms with Crippen LogP contribution >= 0.6 is 23.4 Å². The highest BCUT2D eigenvalue weighted by atomic mass is 35.5. The number of thioether (sulfide) groups is 1. The summed E-state index contributed by atoms with van der Waals surface area (Å²) in [6, 6.07) is 10.8. The van der Waals surface area contributed by atoms with Gasteiger partial charge in [0.15, 0.2) is 0 Å². The zero-order chi connectivity index (χ0) is 22.4. The van der Waals surface area contributed by atoms with E-state index in [0.29, 0.717) is 42.6 Å². The molecule has 1 amide bonds. The molecule has 2 aromatic rings. The first-order chi connectivity index (χ1) is 14.8. The second kappa shape index (κ2) is 10.8. The molecule has 0 saturated carbocycles. The summed E-state index contributed by atoms with van der Waals surface area (Å²) in [4.78, 5) is 12.7. The van der Waals surface area contributed by atoms with Gasteiger partial charge < -0.3 is 5.32 Å². The molecule has 9 heteroatoms. The first-order valence-corrected chi connectivity index (χ1v) is 13.2. The maximum Gasteiger partial charge on any atom is 0.252 e. The summed E-state index contributed by atoms with van der Waals surface area (Å²) in [5.41, 5.74) is 0.749. The third-order valence-electron chi connectivity index (χ3n) is 5.31. The number of hydrogen-bond acceptors (Lipinski definition) is 4. The van der Waals surface area contributed by atoms with E-state index in [1.54, 1.807) is 18.2 Å². The van der Waals surface area contributed by atoms with Gasteiger partial charge in [-0.25, -0.2) is 12.8 Å². The van der Waals surface area contributed by atoms with E-state index in [4.69, 9.17) is 11.6 Å². The zero-order valence-electron chi connectivity index (χ0n) is 17.3. The Bertz CT molecular complexity index is 1030. The van der Waals surface area contributed by atoms with Crippen LogP contribution in [0.1, 0.15) is 35.7 Å². The lowest BCUT2D eigenvalue weighted by Crippen LogP contribution is -2.38. The molecular formula is C22H26ClFN2O3S2.